The van der Waals surface area contributed by atoms with Crippen LogP contribution in [0.4, 0.5) is 9.59 Å². The van der Waals surface area contributed by atoms with Gasteiger partial charge in [-0.2, -0.15) is 0 Å². The van der Waals surface area contributed by atoms with Gasteiger partial charge in [0.2, 0.25) is 5.91 Å². The van der Waals surface area contributed by atoms with Crippen molar-refractivity contribution in [3.05, 3.63) is 0 Å². The fourth-order valence-electron chi connectivity index (χ4n) is 3.35. The minimum absolute atomic E-state index is 0.0492. The molecule has 3 unspecified atom stereocenters. The first kappa shape index (κ1) is 40.2. The molecular weight excluding hydrogens is 584 g/mol. The number of hydrazine groups is 1. The third-order valence-electron chi connectivity index (χ3n) is 5.02. The number of carbonyl (C=O) groups excluding carboxylic acids is 7. The van der Waals surface area contributed by atoms with Crippen LogP contribution in [-0.2, 0) is 42.9 Å². The molecule has 44 heavy (non-hydrogen) atoms. The number of nitrogens with zero attached hydrogens (tertiary/aromatic N) is 1. The number of likely N-dealkylation sites (N-methyl/N-ethyl adjacent to an activating group) is 1. The molecule has 0 heterocycles. The lowest BCUT2D eigenvalue weighted by Crippen LogP contribution is -2.60. The van der Waals surface area contributed by atoms with Gasteiger partial charge in [0.15, 0.2) is 0 Å². The predicted molar refractivity (Wildman–Crippen MR) is 156 cm³/mol. The van der Waals surface area contributed by atoms with Crippen LogP contribution < -0.4 is 26.7 Å². The first-order chi connectivity index (χ1) is 20.4. The average Bonchev–Trinajstić information content (AvgIpc) is 2.89. The second kappa shape index (κ2) is 20.2. The normalized spacial score (nSPS) is 13.4. The van der Waals surface area contributed by atoms with Crippen molar-refractivity contribution in [1.82, 2.24) is 31.7 Å². The van der Waals surface area contributed by atoms with Crippen LogP contribution in [0.25, 0.3) is 0 Å². The predicted octanol–water partition coefficient (Wildman–Crippen LogP) is -0.822. The lowest BCUT2D eigenvalue weighted by atomic mass is 10.1. The first-order valence-corrected chi connectivity index (χ1v) is 14.0. The SMILES string of the molecule is CC(OC(C)(C)C)C(NC(=O)COCCOCCNC(=O)OC(C)(C)C)C(=O)NN(C)C(=O)C(CC=O)NC(=O)NCC=O. The van der Waals surface area contributed by atoms with Gasteiger partial charge in [-0.05, 0) is 48.5 Å². The molecule has 0 saturated heterocycles. The summed E-state index contributed by atoms with van der Waals surface area (Å²) >= 11 is 0. The van der Waals surface area contributed by atoms with Crippen LogP contribution >= 0.6 is 0 Å². The second-order valence-corrected chi connectivity index (χ2v) is 11.4. The summed E-state index contributed by atoms with van der Waals surface area (Å²) in [5, 5.41) is 10.3. The molecule has 17 nitrogen and oxygen atoms in total. The van der Waals surface area contributed by atoms with Crippen molar-refractivity contribution in [3.63, 3.8) is 0 Å². The van der Waals surface area contributed by atoms with Crippen molar-refractivity contribution in [2.75, 3.05) is 46.6 Å². The van der Waals surface area contributed by atoms with E-state index in [2.05, 4.69) is 26.7 Å². The van der Waals surface area contributed by atoms with Crippen LogP contribution in [0.5, 0.6) is 0 Å². The number of urea groups is 1. The van der Waals surface area contributed by atoms with E-state index in [-0.39, 0.29) is 32.9 Å². The molecule has 0 aromatic carbocycles. The van der Waals surface area contributed by atoms with E-state index in [1.54, 1.807) is 48.5 Å². The summed E-state index contributed by atoms with van der Waals surface area (Å²) in [5.74, 6) is -2.31. The van der Waals surface area contributed by atoms with E-state index < -0.39 is 72.3 Å². The van der Waals surface area contributed by atoms with Crippen LogP contribution in [0.1, 0.15) is 54.9 Å². The van der Waals surface area contributed by atoms with E-state index in [4.69, 9.17) is 18.9 Å². The van der Waals surface area contributed by atoms with E-state index in [0.29, 0.717) is 12.6 Å². The largest absolute Gasteiger partial charge is 0.444 e. The summed E-state index contributed by atoms with van der Waals surface area (Å²) in [6.45, 7) is 11.9. The Balaban J connectivity index is 5.01. The molecule has 252 valence electrons. The van der Waals surface area contributed by atoms with Gasteiger partial charge in [0, 0.05) is 20.0 Å². The Morgan fingerprint density at radius 3 is 2.05 bits per heavy atom. The van der Waals surface area contributed by atoms with Crippen molar-refractivity contribution in [1.29, 1.82) is 0 Å². The molecule has 5 N–H and O–H groups in total. The maximum absolute atomic E-state index is 13.2. The Morgan fingerprint density at radius 2 is 1.48 bits per heavy atom. The summed E-state index contributed by atoms with van der Waals surface area (Å²) in [6.07, 6.45) is -0.985. The highest BCUT2D eigenvalue weighted by atomic mass is 16.6. The summed E-state index contributed by atoms with van der Waals surface area (Å²) in [4.78, 5) is 83.6. The minimum Gasteiger partial charge on any atom is -0.444 e. The molecule has 0 aliphatic carbocycles. The molecule has 0 saturated carbocycles. The highest BCUT2D eigenvalue weighted by Crippen LogP contribution is 2.13. The molecule has 17 heteroatoms. The smallest absolute Gasteiger partial charge is 0.407 e. The molecule has 3 atom stereocenters. The molecule has 0 aromatic heterocycles. The van der Waals surface area contributed by atoms with Crippen molar-refractivity contribution in [2.24, 2.45) is 0 Å². The van der Waals surface area contributed by atoms with Crippen molar-refractivity contribution in [2.45, 2.75) is 84.3 Å². The summed E-state index contributed by atoms with van der Waals surface area (Å²) in [7, 11) is 1.20. The van der Waals surface area contributed by atoms with E-state index in [1.807, 2.05) is 0 Å². The number of amides is 6. The maximum atomic E-state index is 13.2. The van der Waals surface area contributed by atoms with Gasteiger partial charge in [0.25, 0.3) is 11.8 Å². The molecule has 0 fully saturated rings. The number of alkyl carbamates (subject to hydrolysis) is 1. The fraction of sp³-hybridized carbons (Fsp3) is 0.741. The Labute approximate surface area is 257 Å². The summed E-state index contributed by atoms with van der Waals surface area (Å²) < 4.78 is 21.6. The Kier molecular flexibility index (Phi) is 18.4. The number of ether oxygens (including phenoxy) is 4. The first-order valence-electron chi connectivity index (χ1n) is 14.0. The Morgan fingerprint density at radius 1 is 0.841 bits per heavy atom. The van der Waals surface area contributed by atoms with Crippen LogP contribution in [0.2, 0.25) is 0 Å². The lowest BCUT2D eigenvalue weighted by Gasteiger charge is -2.32. The number of hydrogen-bond donors (Lipinski definition) is 5. The monoisotopic (exact) mass is 632 g/mol. The van der Waals surface area contributed by atoms with E-state index >= 15 is 0 Å². The molecule has 0 aromatic rings. The quantitative estimate of drug-likeness (QED) is 0.0714. The highest BCUT2D eigenvalue weighted by molar-refractivity contribution is 5.93. The Bertz CT molecular complexity index is 965. The number of aldehydes is 2. The number of nitrogens with one attached hydrogen (secondary N) is 5. The average molecular weight is 633 g/mol. The minimum atomic E-state index is -1.34. The third kappa shape index (κ3) is 19.4. The van der Waals surface area contributed by atoms with Gasteiger partial charge in [0.1, 0.15) is 36.9 Å². The molecular formula is C27H48N6O11. The van der Waals surface area contributed by atoms with Crippen LogP contribution in [-0.4, -0.2) is 123 Å². The van der Waals surface area contributed by atoms with Crippen molar-refractivity contribution < 1.29 is 52.5 Å². The topological polar surface area (TPSA) is 220 Å². The number of rotatable bonds is 18. The van der Waals surface area contributed by atoms with E-state index in [9.17, 15) is 33.6 Å². The van der Waals surface area contributed by atoms with Gasteiger partial charge in [-0.3, -0.25) is 24.8 Å². The molecule has 0 radical (unpaired) electrons. The summed E-state index contributed by atoms with van der Waals surface area (Å²) in [6, 6.07) is -3.48. The van der Waals surface area contributed by atoms with Crippen LogP contribution in [0.15, 0.2) is 0 Å². The van der Waals surface area contributed by atoms with E-state index in [1.165, 1.54) is 7.05 Å². The van der Waals surface area contributed by atoms with Crippen molar-refractivity contribution >= 4 is 42.4 Å². The fourth-order valence-corrected chi connectivity index (χ4v) is 3.35. The Hall–Kier alpha value is -3.83. The molecule has 0 spiro atoms. The van der Waals surface area contributed by atoms with Gasteiger partial charge >= 0.3 is 12.1 Å². The van der Waals surface area contributed by atoms with Crippen molar-refractivity contribution in [3.8, 4) is 0 Å². The highest BCUT2D eigenvalue weighted by Gasteiger charge is 2.33. The second-order valence-electron chi connectivity index (χ2n) is 11.4. The summed E-state index contributed by atoms with van der Waals surface area (Å²) in [5.41, 5.74) is 1.03. The number of carbonyl (C=O) groups is 7. The van der Waals surface area contributed by atoms with E-state index in [0.717, 1.165) is 5.01 Å². The third-order valence-corrected chi connectivity index (χ3v) is 5.02. The zero-order chi connectivity index (χ0) is 33.9. The van der Waals surface area contributed by atoms with Gasteiger partial charge in [-0.25, -0.2) is 9.59 Å². The van der Waals surface area contributed by atoms with Gasteiger partial charge in [0.05, 0.1) is 38.1 Å². The molecule has 0 bridgehead atoms. The zero-order valence-electron chi connectivity index (χ0n) is 26.8. The van der Waals surface area contributed by atoms with Gasteiger partial charge < -0.3 is 49.8 Å². The molecule has 0 aliphatic rings. The van der Waals surface area contributed by atoms with Gasteiger partial charge in [-0.15, -0.1) is 0 Å². The van der Waals surface area contributed by atoms with Crippen LogP contribution in [0.3, 0.4) is 0 Å². The zero-order valence-corrected chi connectivity index (χ0v) is 26.8. The molecule has 6 amide bonds. The maximum Gasteiger partial charge on any atom is 0.407 e. The standard InChI is InChI=1S/C27H48N6O11/c1-18(43-26(2,3)4)21(22(37)32-33(8)23(38)19(9-12-34)30-24(39)28-10-13-35)31-20(36)17-42-16-15-41-14-11-29-25(40)44-27(5,6)7/h12-13,18-19,21H,9-11,14-17H2,1-8H3,(H,29,40)(H,31,36)(H,32,37)(H2,28,30,39). The van der Waals surface area contributed by atoms with Crippen LogP contribution in [0, 0.1) is 0 Å². The molecule has 0 aliphatic heterocycles. The van der Waals surface area contributed by atoms with Gasteiger partial charge in [-0.1, -0.05) is 0 Å². The number of hydrogen-bond acceptors (Lipinski definition) is 11. The lowest BCUT2D eigenvalue weighted by molar-refractivity contribution is -0.147. The molecule has 0 rings (SSSR count).